The van der Waals surface area contributed by atoms with Gasteiger partial charge in [-0.1, -0.05) is 42.5 Å². The maximum atomic E-state index is 14.6. The Morgan fingerprint density at radius 2 is 1.83 bits per heavy atom. The molecule has 0 bridgehead atoms. The van der Waals surface area contributed by atoms with Gasteiger partial charge in [0.1, 0.15) is 17.4 Å². The lowest BCUT2D eigenvalue weighted by Crippen LogP contribution is -2.50. The van der Waals surface area contributed by atoms with Gasteiger partial charge in [0, 0.05) is 36.7 Å². The first kappa shape index (κ1) is 23.4. The van der Waals surface area contributed by atoms with Gasteiger partial charge in [-0.25, -0.2) is 0 Å². The van der Waals surface area contributed by atoms with Crippen molar-refractivity contribution < 1.29 is 14.3 Å². The molecule has 8 heteroatoms. The molecule has 0 aliphatic carbocycles. The molecule has 0 radical (unpaired) electrons. The van der Waals surface area contributed by atoms with Gasteiger partial charge < -0.3 is 24.7 Å². The number of para-hydroxylation sites is 1. The molecule has 1 atom stereocenters. The van der Waals surface area contributed by atoms with Crippen LogP contribution in [0.5, 0.6) is 5.75 Å². The molecule has 1 amide bonds. The van der Waals surface area contributed by atoms with E-state index in [2.05, 4.69) is 6.07 Å². The molecule has 2 aliphatic rings. The average Bonchev–Trinajstić information content (AvgIpc) is 3.09. The van der Waals surface area contributed by atoms with Crippen LogP contribution in [0.2, 0.25) is 0 Å². The van der Waals surface area contributed by atoms with E-state index in [1.54, 1.807) is 41.7 Å². The molecule has 3 heterocycles. The fourth-order valence-corrected chi connectivity index (χ4v) is 5.30. The SMILES string of the molecule is COCCn1c(C)cc2c(c1=O)C1(C(=O)N(Cc3ccccc3C)c3ccccc31)C(C#N)=C(N)O2. The Labute approximate surface area is 208 Å². The summed E-state index contributed by atoms with van der Waals surface area (Å²) in [5, 5.41) is 10.3. The van der Waals surface area contributed by atoms with Crippen LogP contribution >= 0.6 is 0 Å². The summed E-state index contributed by atoms with van der Waals surface area (Å²) in [7, 11) is 1.56. The quantitative estimate of drug-likeness (QED) is 0.599. The van der Waals surface area contributed by atoms with E-state index >= 15 is 0 Å². The van der Waals surface area contributed by atoms with Crippen molar-refractivity contribution in [2.45, 2.75) is 32.4 Å². The van der Waals surface area contributed by atoms with Crippen molar-refractivity contribution in [1.29, 1.82) is 5.26 Å². The topological polar surface area (TPSA) is 111 Å². The second-order valence-corrected chi connectivity index (χ2v) is 9.01. The van der Waals surface area contributed by atoms with Crippen molar-refractivity contribution in [1.82, 2.24) is 4.57 Å². The van der Waals surface area contributed by atoms with Gasteiger partial charge in [-0.15, -0.1) is 0 Å². The fraction of sp³-hybridized carbons (Fsp3) is 0.250. The van der Waals surface area contributed by atoms with Gasteiger partial charge in [0.2, 0.25) is 11.8 Å². The number of aryl methyl sites for hydroxylation is 2. The van der Waals surface area contributed by atoms with Gasteiger partial charge in [0.05, 0.1) is 18.7 Å². The van der Waals surface area contributed by atoms with Gasteiger partial charge in [-0.3, -0.25) is 9.59 Å². The van der Waals surface area contributed by atoms with E-state index < -0.39 is 16.9 Å². The van der Waals surface area contributed by atoms with E-state index in [9.17, 15) is 14.9 Å². The molecular formula is C28H26N4O4. The predicted octanol–water partition coefficient (Wildman–Crippen LogP) is 3.03. The number of carbonyl (C=O) groups is 1. The normalized spacial score (nSPS) is 18.2. The third-order valence-corrected chi connectivity index (χ3v) is 7.07. The number of aromatic nitrogens is 1. The maximum absolute atomic E-state index is 14.6. The minimum Gasteiger partial charge on any atom is -0.440 e. The van der Waals surface area contributed by atoms with Crippen LogP contribution in [0.15, 0.2) is 70.8 Å². The Hall–Kier alpha value is -4.35. The number of benzene rings is 2. The predicted molar refractivity (Wildman–Crippen MR) is 134 cm³/mol. The Balaban J connectivity index is 1.82. The van der Waals surface area contributed by atoms with E-state index in [0.717, 1.165) is 11.1 Å². The van der Waals surface area contributed by atoms with Crippen LogP contribution in [0.4, 0.5) is 5.69 Å². The molecular weight excluding hydrogens is 456 g/mol. The smallest absolute Gasteiger partial charge is 0.259 e. The van der Waals surface area contributed by atoms with Crippen LogP contribution in [0.3, 0.4) is 0 Å². The number of nitriles is 1. The van der Waals surface area contributed by atoms with Crippen molar-refractivity contribution in [3.63, 3.8) is 0 Å². The second kappa shape index (κ2) is 8.70. The van der Waals surface area contributed by atoms with Crippen LogP contribution in [0, 0.1) is 25.2 Å². The number of fused-ring (bicyclic) bond motifs is 4. The molecule has 1 unspecified atom stereocenters. The van der Waals surface area contributed by atoms with Crippen molar-refractivity contribution in [3.8, 4) is 11.8 Å². The lowest BCUT2D eigenvalue weighted by molar-refractivity contribution is -0.121. The zero-order valence-electron chi connectivity index (χ0n) is 20.4. The molecule has 2 aliphatic heterocycles. The Kier molecular flexibility index (Phi) is 5.65. The van der Waals surface area contributed by atoms with Crippen LogP contribution in [0.1, 0.15) is 27.9 Å². The summed E-state index contributed by atoms with van der Waals surface area (Å²) in [6, 6.07) is 18.8. The molecule has 2 aromatic carbocycles. The molecule has 3 aromatic rings. The number of anilines is 1. The largest absolute Gasteiger partial charge is 0.440 e. The Bertz CT molecular complexity index is 1530. The molecule has 5 rings (SSSR count). The number of rotatable bonds is 5. The monoisotopic (exact) mass is 482 g/mol. The number of nitrogens with two attached hydrogens (primary N) is 1. The van der Waals surface area contributed by atoms with E-state index in [4.69, 9.17) is 15.2 Å². The van der Waals surface area contributed by atoms with E-state index in [1.807, 2.05) is 43.3 Å². The molecule has 1 spiro atoms. The summed E-state index contributed by atoms with van der Waals surface area (Å²) < 4.78 is 12.5. The lowest BCUT2D eigenvalue weighted by atomic mass is 9.69. The van der Waals surface area contributed by atoms with E-state index in [-0.39, 0.29) is 35.9 Å². The Morgan fingerprint density at radius 1 is 1.11 bits per heavy atom. The highest BCUT2D eigenvalue weighted by atomic mass is 16.5. The standard InChI is InChI=1S/C28H26N4O4/c1-17-8-4-5-9-19(17)16-32-22-11-7-6-10-20(22)28(27(32)34)21(15-29)25(30)36-23-14-18(2)31(12-13-35-3)26(33)24(23)28/h4-11,14H,12-13,16,30H2,1-3H3. The highest BCUT2D eigenvalue weighted by molar-refractivity contribution is 6.14. The average molecular weight is 483 g/mol. The zero-order chi connectivity index (χ0) is 25.6. The lowest BCUT2D eigenvalue weighted by Gasteiger charge is -2.34. The van der Waals surface area contributed by atoms with Crippen molar-refractivity contribution in [3.05, 3.63) is 104 Å². The van der Waals surface area contributed by atoms with Crippen LogP contribution < -0.4 is 20.9 Å². The number of carbonyl (C=O) groups excluding carboxylic acids is 1. The van der Waals surface area contributed by atoms with Gasteiger partial charge in [0.25, 0.3) is 5.56 Å². The van der Waals surface area contributed by atoms with Gasteiger partial charge in [-0.2, -0.15) is 5.26 Å². The molecule has 0 saturated heterocycles. The molecule has 0 fully saturated rings. The summed E-state index contributed by atoms with van der Waals surface area (Å²) in [6.45, 7) is 4.64. The first-order chi connectivity index (χ1) is 17.4. The second-order valence-electron chi connectivity index (χ2n) is 9.01. The van der Waals surface area contributed by atoms with Crippen LogP contribution in [0.25, 0.3) is 0 Å². The highest BCUT2D eigenvalue weighted by Gasteiger charge is 2.60. The Morgan fingerprint density at radius 3 is 2.56 bits per heavy atom. The number of methoxy groups -OCH3 is 1. The van der Waals surface area contributed by atoms with E-state index in [0.29, 0.717) is 23.6 Å². The van der Waals surface area contributed by atoms with Gasteiger partial charge >= 0.3 is 0 Å². The number of hydrogen-bond acceptors (Lipinski definition) is 6. The van der Waals surface area contributed by atoms with Crippen LogP contribution in [-0.4, -0.2) is 24.2 Å². The first-order valence-corrected chi connectivity index (χ1v) is 11.6. The number of amides is 1. The molecule has 1 aromatic heterocycles. The van der Waals surface area contributed by atoms with Gasteiger partial charge in [0.15, 0.2) is 5.41 Å². The number of ether oxygens (including phenoxy) is 2. The summed E-state index contributed by atoms with van der Waals surface area (Å²) in [5.41, 5.74) is 7.92. The number of pyridine rings is 1. The molecule has 0 saturated carbocycles. The molecule has 2 N–H and O–H groups in total. The summed E-state index contributed by atoms with van der Waals surface area (Å²) >= 11 is 0. The van der Waals surface area contributed by atoms with Crippen molar-refractivity contribution >= 4 is 11.6 Å². The van der Waals surface area contributed by atoms with Gasteiger partial charge in [-0.05, 0) is 31.0 Å². The minimum absolute atomic E-state index is 0.0843. The number of hydrogen-bond donors (Lipinski definition) is 1. The minimum atomic E-state index is -1.72. The third-order valence-electron chi connectivity index (χ3n) is 7.07. The van der Waals surface area contributed by atoms with Crippen molar-refractivity contribution in [2.75, 3.05) is 18.6 Å². The van der Waals surface area contributed by atoms with E-state index in [1.165, 1.54) is 0 Å². The maximum Gasteiger partial charge on any atom is 0.259 e. The molecule has 182 valence electrons. The fourth-order valence-electron chi connectivity index (χ4n) is 5.30. The summed E-state index contributed by atoms with van der Waals surface area (Å²) in [4.78, 5) is 30.2. The summed E-state index contributed by atoms with van der Waals surface area (Å²) in [6.07, 6.45) is 0. The molecule has 8 nitrogen and oxygen atoms in total. The molecule has 36 heavy (non-hydrogen) atoms. The summed E-state index contributed by atoms with van der Waals surface area (Å²) in [5.74, 6) is -0.404. The number of nitrogens with zero attached hydrogens (tertiary/aromatic N) is 3. The third kappa shape index (κ3) is 3.17. The first-order valence-electron chi connectivity index (χ1n) is 11.6. The zero-order valence-corrected chi connectivity index (χ0v) is 20.4. The highest BCUT2D eigenvalue weighted by Crippen LogP contribution is 2.54. The van der Waals surface area contributed by atoms with Crippen LogP contribution in [-0.2, 0) is 28.0 Å². The van der Waals surface area contributed by atoms with Crippen molar-refractivity contribution in [2.24, 2.45) is 5.73 Å².